The molecule has 2 aromatic heterocycles. The molecule has 4 aromatic rings. The van der Waals surface area contributed by atoms with Gasteiger partial charge in [0.05, 0.1) is 6.04 Å². The molecule has 36 heavy (non-hydrogen) atoms. The number of piperazine rings is 1. The minimum absolute atomic E-state index is 0.131. The van der Waals surface area contributed by atoms with Gasteiger partial charge < -0.3 is 24.9 Å². The van der Waals surface area contributed by atoms with E-state index in [0.717, 1.165) is 43.9 Å². The lowest BCUT2D eigenvalue weighted by atomic mass is 10.0. The van der Waals surface area contributed by atoms with E-state index in [1.807, 2.05) is 61.5 Å². The fraction of sp³-hybridized carbons (Fsp3) is 0.296. The van der Waals surface area contributed by atoms with Crippen LogP contribution in [0, 0.1) is 0 Å². The quantitative estimate of drug-likeness (QED) is 0.364. The summed E-state index contributed by atoms with van der Waals surface area (Å²) >= 11 is 0. The maximum Gasteiger partial charge on any atom is 0.287 e. The molecule has 186 valence electrons. The molecule has 1 fully saturated rings. The first-order valence-corrected chi connectivity index (χ1v) is 12.2. The second-order valence-corrected chi connectivity index (χ2v) is 9.06. The number of H-pyrrole nitrogens is 1. The SMILES string of the molecule is CC[C@H](NC(=O)c1cc2[nH]nc(NC(=O)c3ccc(N4CCN(C)CC4)cc3)c2o1)c1ccccc1. The van der Waals surface area contributed by atoms with Crippen molar-refractivity contribution in [3.05, 3.63) is 77.6 Å². The maximum atomic E-state index is 12.9. The zero-order valence-corrected chi connectivity index (χ0v) is 20.5. The van der Waals surface area contributed by atoms with E-state index in [0.29, 0.717) is 16.7 Å². The van der Waals surface area contributed by atoms with Crippen LogP contribution in [-0.2, 0) is 0 Å². The van der Waals surface area contributed by atoms with E-state index in [1.54, 1.807) is 6.07 Å². The maximum absolute atomic E-state index is 12.9. The van der Waals surface area contributed by atoms with E-state index < -0.39 is 0 Å². The lowest BCUT2D eigenvalue weighted by molar-refractivity contribution is 0.0909. The number of fused-ring (bicyclic) bond motifs is 1. The van der Waals surface area contributed by atoms with Crippen LogP contribution >= 0.6 is 0 Å². The van der Waals surface area contributed by atoms with Crippen LogP contribution in [0.1, 0.15) is 45.9 Å². The van der Waals surface area contributed by atoms with E-state index in [-0.39, 0.29) is 29.4 Å². The van der Waals surface area contributed by atoms with Crippen LogP contribution in [0.3, 0.4) is 0 Å². The van der Waals surface area contributed by atoms with Gasteiger partial charge >= 0.3 is 0 Å². The van der Waals surface area contributed by atoms with E-state index in [9.17, 15) is 9.59 Å². The molecule has 0 unspecified atom stereocenters. The topological polar surface area (TPSA) is 106 Å². The van der Waals surface area contributed by atoms with Crippen LogP contribution < -0.4 is 15.5 Å². The van der Waals surface area contributed by atoms with E-state index >= 15 is 0 Å². The number of likely N-dealkylation sites (N-methyl/N-ethyl adjacent to an activating group) is 1. The zero-order valence-electron chi connectivity index (χ0n) is 20.5. The number of nitrogens with one attached hydrogen (secondary N) is 3. The van der Waals surface area contributed by atoms with Crippen molar-refractivity contribution in [3.63, 3.8) is 0 Å². The Kier molecular flexibility index (Phi) is 6.73. The van der Waals surface area contributed by atoms with Crippen LogP contribution in [0.5, 0.6) is 0 Å². The smallest absolute Gasteiger partial charge is 0.287 e. The van der Waals surface area contributed by atoms with E-state index in [1.165, 1.54) is 0 Å². The van der Waals surface area contributed by atoms with Crippen molar-refractivity contribution in [3.8, 4) is 0 Å². The molecule has 0 saturated carbocycles. The molecule has 1 saturated heterocycles. The Morgan fingerprint density at radius 2 is 1.75 bits per heavy atom. The number of anilines is 2. The van der Waals surface area contributed by atoms with Crippen molar-refractivity contribution in [1.29, 1.82) is 0 Å². The van der Waals surface area contributed by atoms with E-state index in [4.69, 9.17) is 4.42 Å². The summed E-state index contributed by atoms with van der Waals surface area (Å²) in [5.74, 6) is -0.231. The standard InChI is InChI=1S/C27H30N6O3/c1-3-21(18-7-5-4-6-8-18)28-27(35)23-17-22-24(36-23)25(31-30-22)29-26(34)19-9-11-20(12-10-19)33-15-13-32(2)14-16-33/h4-12,17,21H,3,13-16H2,1-2H3,(H,28,35)(H2,29,30,31,34)/t21-/m0/s1. The van der Waals surface area contributed by atoms with Gasteiger partial charge in [-0.1, -0.05) is 37.3 Å². The molecule has 1 aliphatic heterocycles. The lowest BCUT2D eigenvalue weighted by Gasteiger charge is -2.34. The molecule has 1 aliphatic rings. The Bertz CT molecular complexity index is 1340. The normalized spacial score (nSPS) is 15.1. The van der Waals surface area contributed by atoms with Gasteiger partial charge in [-0.05, 0) is 43.3 Å². The Morgan fingerprint density at radius 1 is 1.03 bits per heavy atom. The summed E-state index contributed by atoms with van der Waals surface area (Å²) in [5.41, 5.74) is 3.51. The Balaban J connectivity index is 1.26. The highest BCUT2D eigenvalue weighted by atomic mass is 16.3. The summed E-state index contributed by atoms with van der Waals surface area (Å²) in [6.45, 7) is 5.98. The minimum atomic E-state index is -0.327. The average Bonchev–Trinajstić information content (AvgIpc) is 3.50. The van der Waals surface area contributed by atoms with Gasteiger partial charge in [-0.2, -0.15) is 5.10 Å². The molecule has 3 N–H and O–H groups in total. The Hall–Kier alpha value is -4.11. The number of nitrogens with zero attached hydrogens (tertiary/aromatic N) is 3. The number of benzene rings is 2. The first kappa shape index (κ1) is 23.6. The zero-order chi connectivity index (χ0) is 25.1. The monoisotopic (exact) mass is 486 g/mol. The van der Waals surface area contributed by atoms with Crippen LogP contribution in [0.25, 0.3) is 11.1 Å². The average molecular weight is 487 g/mol. The third kappa shape index (κ3) is 4.96. The number of hydrogen-bond acceptors (Lipinski definition) is 6. The summed E-state index contributed by atoms with van der Waals surface area (Å²) < 4.78 is 5.79. The lowest BCUT2D eigenvalue weighted by Crippen LogP contribution is -2.44. The highest BCUT2D eigenvalue weighted by Gasteiger charge is 2.21. The van der Waals surface area contributed by atoms with Crippen molar-refractivity contribution in [2.75, 3.05) is 43.4 Å². The van der Waals surface area contributed by atoms with Crippen LogP contribution in [-0.4, -0.2) is 60.1 Å². The van der Waals surface area contributed by atoms with Gasteiger partial charge in [0, 0.05) is 43.5 Å². The van der Waals surface area contributed by atoms with Gasteiger partial charge in [-0.3, -0.25) is 14.7 Å². The van der Waals surface area contributed by atoms with Crippen molar-refractivity contribution in [1.82, 2.24) is 20.4 Å². The molecule has 0 radical (unpaired) electrons. The van der Waals surface area contributed by atoms with Gasteiger partial charge in [0.1, 0.15) is 5.52 Å². The fourth-order valence-electron chi connectivity index (χ4n) is 4.42. The highest BCUT2D eigenvalue weighted by molar-refractivity contribution is 6.07. The molecule has 0 bridgehead atoms. The van der Waals surface area contributed by atoms with Crippen molar-refractivity contribution in [2.24, 2.45) is 0 Å². The third-order valence-corrected chi connectivity index (χ3v) is 6.60. The minimum Gasteiger partial charge on any atom is -0.445 e. The number of hydrogen-bond donors (Lipinski definition) is 3. The molecular formula is C27H30N6O3. The molecule has 0 spiro atoms. The first-order valence-electron chi connectivity index (χ1n) is 12.2. The number of aromatic nitrogens is 2. The van der Waals surface area contributed by atoms with Crippen LogP contribution in [0.15, 0.2) is 65.1 Å². The van der Waals surface area contributed by atoms with Gasteiger partial charge in [0.25, 0.3) is 11.8 Å². The Morgan fingerprint density at radius 3 is 2.44 bits per heavy atom. The van der Waals surface area contributed by atoms with Crippen molar-refractivity contribution in [2.45, 2.75) is 19.4 Å². The molecule has 5 rings (SSSR count). The number of furan rings is 1. The summed E-state index contributed by atoms with van der Waals surface area (Å²) in [5, 5.41) is 12.8. The van der Waals surface area contributed by atoms with Crippen molar-refractivity contribution < 1.29 is 14.0 Å². The predicted octanol–water partition coefficient (Wildman–Crippen LogP) is 4.04. The molecule has 2 amide bonds. The first-order chi connectivity index (χ1) is 17.5. The Labute approximate surface area is 209 Å². The third-order valence-electron chi connectivity index (χ3n) is 6.60. The molecule has 9 heteroatoms. The van der Waals surface area contributed by atoms with E-state index in [2.05, 4.69) is 37.7 Å². The van der Waals surface area contributed by atoms with Gasteiger partial charge in [-0.25, -0.2) is 0 Å². The molecule has 1 atom stereocenters. The van der Waals surface area contributed by atoms with Gasteiger partial charge in [0.15, 0.2) is 17.2 Å². The van der Waals surface area contributed by atoms with Gasteiger partial charge in [-0.15, -0.1) is 0 Å². The summed E-state index contributed by atoms with van der Waals surface area (Å²) in [4.78, 5) is 30.3. The van der Waals surface area contributed by atoms with Crippen LogP contribution in [0.4, 0.5) is 11.5 Å². The number of rotatable bonds is 7. The summed E-state index contributed by atoms with van der Waals surface area (Å²) in [7, 11) is 2.12. The molecule has 3 heterocycles. The summed E-state index contributed by atoms with van der Waals surface area (Å²) in [6.07, 6.45) is 0.741. The number of aromatic amines is 1. The number of carbonyl (C=O) groups is 2. The predicted molar refractivity (Wildman–Crippen MR) is 139 cm³/mol. The molecular weight excluding hydrogens is 456 g/mol. The summed E-state index contributed by atoms with van der Waals surface area (Å²) in [6, 6.07) is 18.8. The fourth-order valence-corrected chi connectivity index (χ4v) is 4.42. The van der Waals surface area contributed by atoms with Crippen molar-refractivity contribution >= 4 is 34.4 Å². The second kappa shape index (κ2) is 10.2. The second-order valence-electron chi connectivity index (χ2n) is 9.06. The molecule has 0 aliphatic carbocycles. The molecule has 9 nitrogen and oxygen atoms in total. The molecule has 2 aromatic carbocycles. The largest absolute Gasteiger partial charge is 0.445 e. The van der Waals surface area contributed by atoms with Crippen LogP contribution in [0.2, 0.25) is 0 Å². The van der Waals surface area contributed by atoms with Gasteiger partial charge in [0.2, 0.25) is 0 Å². The number of carbonyl (C=O) groups excluding carboxylic acids is 2. The number of amides is 2. The highest BCUT2D eigenvalue weighted by Crippen LogP contribution is 2.26.